The van der Waals surface area contributed by atoms with Crippen molar-refractivity contribution in [1.29, 1.82) is 0 Å². The molecule has 0 radical (unpaired) electrons. The number of ketones is 1. The van der Waals surface area contributed by atoms with Gasteiger partial charge in [-0.25, -0.2) is 9.59 Å². The molecule has 8 heteroatoms. The normalized spacial score (nSPS) is 16.3. The van der Waals surface area contributed by atoms with Gasteiger partial charge in [0.15, 0.2) is 5.78 Å². The van der Waals surface area contributed by atoms with Crippen LogP contribution in [0.15, 0.2) is 52.4 Å². The molecule has 1 aromatic carbocycles. The Morgan fingerprint density at radius 3 is 2.47 bits per heavy atom. The summed E-state index contributed by atoms with van der Waals surface area (Å²) in [4.78, 5) is 38.5. The van der Waals surface area contributed by atoms with Gasteiger partial charge >= 0.3 is 12.0 Å². The highest BCUT2D eigenvalue weighted by atomic mass is 32.1. The summed E-state index contributed by atoms with van der Waals surface area (Å²) in [5, 5.41) is 6.68. The lowest BCUT2D eigenvalue weighted by Gasteiger charge is -2.35. The number of esters is 1. The number of nitrogens with zero attached hydrogens (tertiary/aromatic N) is 1. The summed E-state index contributed by atoms with van der Waals surface area (Å²) in [6.07, 6.45) is 0. The number of benzene rings is 1. The number of thiophene rings is 1. The van der Waals surface area contributed by atoms with Crippen LogP contribution in [0.25, 0.3) is 0 Å². The standard InChI is InChI=1S/C22H24N2O5S/c1-4-24-18(12-29-17-8-6-15(7-9-17)14(3)25)19(21(26)28-5-2)20(23-22(24)27)16-10-11-30-13-16/h6-11,13,20H,4-5,12H2,1-3H3,(H,23,27). The molecule has 1 aromatic heterocycles. The molecular weight excluding hydrogens is 404 g/mol. The molecule has 0 fully saturated rings. The van der Waals surface area contributed by atoms with Crippen LogP contribution in [0.3, 0.4) is 0 Å². The van der Waals surface area contributed by atoms with Gasteiger partial charge in [-0.2, -0.15) is 11.3 Å². The zero-order valence-corrected chi connectivity index (χ0v) is 18.0. The van der Waals surface area contributed by atoms with Crippen molar-refractivity contribution in [3.63, 3.8) is 0 Å². The quantitative estimate of drug-likeness (QED) is 0.509. The summed E-state index contributed by atoms with van der Waals surface area (Å²) in [6, 6.07) is 7.70. The van der Waals surface area contributed by atoms with Gasteiger partial charge < -0.3 is 14.8 Å². The molecule has 2 heterocycles. The Morgan fingerprint density at radius 1 is 1.17 bits per heavy atom. The van der Waals surface area contributed by atoms with Crippen LogP contribution < -0.4 is 10.1 Å². The van der Waals surface area contributed by atoms with E-state index in [1.807, 2.05) is 23.8 Å². The molecule has 0 spiro atoms. The summed E-state index contributed by atoms with van der Waals surface area (Å²) in [6.45, 7) is 5.66. The highest BCUT2D eigenvalue weighted by Crippen LogP contribution is 2.33. The van der Waals surface area contributed by atoms with Crippen LogP contribution in [0.1, 0.15) is 42.7 Å². The SMILES string of the molecule is CCOC(=O)C1=C(COc2ccc(C(C)=O)cc2)N(CC)C(=O)NC1c1ccsc1. The summed E-state index contributed by atoms with van der Waals surface area (Å²) in [7, 11) is 0. The molecule has 1 aliphatic rings. The average molecular weight is 429 g/mol. The predicted octanol–water partition coefficient (Wildman–Crippen LogP) is 3.93. The monoisotopic (exact) mass is 428 g/mol. The molecule has 0 saturated heterocycles. The number of rotatable bonds is 8. The van der Waals surface area contributed by atoms with Crippen LogP contribution in [0.4, 0.5) is 4.79 Å². The molecule has 0 aliphatic carbocycles. The van der Waals surface area contributed by atoms with E-state index < -0.39 is 12.0 Å². The number of carbonyl (C=O) groups is 3. The first-order chi connectivity index (χ1) is 14.5. The maximum absolute atomic E-state index is 12.9. The van der Waals surface area contributed by atoms with E-state index in [2.05, 4.69) is 5.32 Å². The minimum atomic E-state index is -0.607. The van der Waals surface area contributed by atoms with Crippen molar-refractivity contribution in [3.8, 4) is 5.75 Å². The molecule has 1 atom stereocenters. The Bertz CT molecular complexity index is 950. The third kappa shape index (κ3) is 4.54. The molecule has 7 nitrogen and oxygen atoms in total. The zero-order valence-electron chi connectivity index (χ0n) is 17.1. The van der Waals surface area contributed by atoms with Gasteiger partial charge in [0.2, 0.25) is 0 Å². The van der Waals surface area contributed by atoms with E-state index in [4.69, 9.17) is 9.47 Å². The molecular formula is C22H24N2O5S. The minimum absolute atomic E-state index is 0.00939. The second kappa shape index (κ2) is 9.58. The van der Waals surface area contributed by atoms with Crippen molar-refractivity contribution >= 4 is 29.1 Å². The van der Waals surface area contributed by atoms with Gasteiger partial charge in [-0.3, -0.25) is 9.69 Å². The van der Waals surface area contributed by atoms with E-state index in [0.29, 0.717) is 29.1 Å². The van der Waals surface area contributed by atoms with Gasteiger partial charge in [-0.15, -0.1) is 0 Å². The zero-order chi connectivity index (χ0) is 21.7. The van der Waals surface area contributed by atoms with E-state index in [9.17, 15) is 14.4 Å². The average Bonchev–Trinajstić information content (AvgIpc) is 3.27. The Morgan fingerprint density at radius 2 is 1.90 bits per heavy atom. The molecule has 30 heavy (non-hydrogen) atoms. The van der Waals surface area contributed by atoms with Crippen LogP contribution >= 0.6 is 11.3 Å². The molecule has 2 aromatic rings. The first kappa shape index (κ1) is 21.6. The number of Topliss-reactive ketones (excluding diaryl/α,β-unsaturated/α-hetero) is 1. The number of hydrogen-bond donors (Lipinski definition) is 1. The Kier molecular flexibility index (Phi) is 6.89. The molecule has 0 saturated carbocycles. The van der Waals surface area contributed by atoms with E-state index in [0.717, 1.165) is 5.56 Å². The van der Waals surface area contributed by atoms with Crippen LogP contribution in [-0.4, -0.2) is 42.4 Å². The van der Waals surface area contributed by atoms with Crippen LogP contribution in [0.2, 0.25) is 0 Å². The molecule has 158 valence electrons. The highest BCUT2D eigenvalue weighted by Gasteiger charge is 2.38. The molecule has 0 bridgehead atoms. The van der Waals surface area contributed by atoms with Gasteiger partial charge in [-0.05, 0) is 67.4 Å². The number of urea groups is 1. The summed E-state index contributed by atoms with van der Waals surface area (Å²) < 4.78 is 11.2. The molecule has 3 rings (SSSR count). The lowest BCUT2D eigenvalue weighted by molar-refractivity contribution is -0.139. The third-order valence-corrected chi connectivity index (χ3v) is 5.46. The van der Waals surface area contributed by atoms with Crippen LogP contribution in [0, 0.1) is 0 Å². The van der Waals surface area contributed by atoms with Gasteiger partial charge in [0, 0.05) is 12.1 Å². The first-order valence-electron chi connectivity index (χ1n) is 9.70. The van der Waals surface area contributed by atoms with Crippen molar-refractivity contribution in [2.24, 2.45) is 0 Å². The fraction of sp³-hybridized carbons (Fsp3) is 0.318. The number of nitrogens with one attached hydrogen (secondary N) is 1. The highest BCUT2D eigenvalue weighted by molar-refractivity contribution is 7.08. The van der Waals surface area contributed by atoms with Crippen molar-refractivity contribution in [1.82, 2.24) is 10.2 Å². The van der Waals surface area contributed by atoms with Crippen molar-refractivity contribution < 1.29 is 23.9 Å². The van der Waals surface area contributed by atoms with Gasteiger partial charge in [0.1, 0.15) is 12.4 Å². The second-order valence-electron chi connectivity index (χ2n) is 6.63. The van der Waals surface area contributed by atoms with Crippen molar-refractivity contribution in [2.45, 2.75) is 26.8 Å². The number of hydrogen-bond acceptors (Lipinski definition) is 6. The van der Waals surface area contributed by atoms with Crippen molar-refractivity contribution in [3.05, 3.63) is 63.5 Å². The topological polar surface area (TPSA) is 84.9 Å². The molecule has 1 aliphatic heterocycles. The lowest BCUT2D eigenvalue weighted by atomic mass is 9.96. The number of carbonyl (C=O) groups excluding carboxylic acids is 3. The van der Waals surface area contributed by atoms with Crippen LogP contribution in [0.5, 0.6) is 5.75 Å². The lowest BCUT2D eigenvalue weighted by Crippen LogP contribution is -2.49. The van der Waals surface area contributed by atoms with E-state index in [1.54, 1.807) is 31.2 Å². The first-order valence-corrected chi connectivity index (χ1v) is 10.6. The predicted molar refractivity (Wildman–Crippen MR) is 114 cm³/mol. The van der Waals surface area contributed by atoms with Crippen LogP contribution in [-0.2, 0) is 9.53 Å². The Labute approximate surface area is 179 Å². The fourth-order valence-corrected chi connectivity index (χ4v) is 3.96. The smallest absolute Gasteiger partial charge is 0.338 e. The maximum Gasteiger partial charge on any atom is 0.338 e. The summed E-state index contributed by atoms with van der Waals surface area (Å²) in [5.74, 6) is 0.0103. The van der Waals surface area contributed by atoms with Crippen molar-refractivity contribution in [2.75, 3.05) is 19.8 Å². The number of amides is 2. The molecule has 1 N–H and O–H groups in total. The third-order valence-electron chi connectivity index (χ3n) is 4.76. The largest absolute Gasteiger partial charge is 0.487 e. The maximum atomic E-state index is 12.9. The Hall–Kier alpha value is -3.13. The summed E-state index contributed by atoms with van der Waals surface area (Å²) >= 11 is 1.48. The number of ether oxygens (including phenoxy) is 2. The summed E-state index contributed by atoms with van der Waals surface area (Å²) in [5.41, 5.74) is 2.22. The van der Waals surface area contributed by atoms with Gasteiger partial charge in [-0.1, -0.05) is 0 Å². The second-order valence-corrected chi connectivity index (χ2v) is 7.41. The van der Waals surface area contributed by atoms with E-state index in [-0.39, 0.29) is 25.0 Å². The minimum Gasteiger partial charge on any atom is -0.487 e. The number of likely N-dealkylation sites (N-methyl/N-ethyl adjacent to an activating group) is 1. The molecule has 2 amide bonds. The van der Waals surface area contributed by atoms with E-state index in [1.165, 1.54) is 23.2 Å². The Balaban J connectivity index is 1.98. The van der Waals surface area contributed by atoms with Gasteiger partial charge in [0.05, 0.1) is 23.9 Å². The van der Waals surface area contributed by atoms with Gasteiger partial charge in [0.25, 0.3) is 0 Å². The van der Waals surface area contributed by atoms with E-state index >= 15 is 0 Å². The fourth-order valence-electron chi connectivity index (χ4n) is 3.27. The molecule has 1 unspecified atom stereocenters.